The molecule has 1 aromatic rings. The molecule has 1 heterocycles. The fraction of sp³-hybridized carbons (Fsp3) is 0.625. The first-order valence-electron chi connectivity index (χ1n) is 7.51. The molecule has 4 heteroatoms. The fourth-order valence-corrected chi connectivity index (χ4v) is 4.06. The zero-order valence-electron chi connectivity index (χ0n) is 11.9. The van der Waals surface area contributed by atoms with Gasteiger partial charge in [0.15, 0.2) is 0 Å². The van der Waals surface area contributed by atoms with E-state index in [1.54, 1.807) is 11.3 Å². The van der Waals surface area contributed by atoms with Gasteiger partial charge in [0.2, 0.25) is 0 Å². The minimum atomic E-state index is -0.0268. The highest BCUT2D eigenvalue weighted by Gasteiger charge is 2.34. The first-order valence-corrected chi connectivity index (χ1v) is 8.39. The maximum atomic E-state index is 12.2. The van der Waals surface area contributed by atoms with Crippen LogP contribution in [-0.4, -0.2) is 11.0 Å². The molecule has 0 aliphatic heterocycles. The summed E-state index contributed by atoms with van der Waals surface area (Å²) in [4.78, 5) is 16.6. The second-order valence-corrected chi connectivity index (χ2v) is 6.83. The quantitative estimate of drug-likeness (QED) is 0.626. The van der Waals surface area contributed by atoms with Crippen LogP contribution >= 0.6 is 11.3 Å². The predicted molar refractivity (Wildman–Crippen MR) is 79.4 cm³/mol. The third-order valence-corrected chi connectivity index (χ3v) is 5.36. The van der Waals surface area contributed by atoms with Crippen molar-refractivity contribution < 1.29 is 9.53 Å². The van der Waals surface area contributed by atoms with Crippen molar-refractivity contribution in [2.45, 2.75) is 45.6 Å². The van der Waals surface area contributed by atoms with E-state index in [1.807, 2.05) is 5.38 Å². The standard InChI is InChI=1S/C16H21NO2S/c1-2-15-17-14(10-20-15)9-19-16(18)13-7-11-4-3-5-12(6-11)8-13/h3-4,10-13H,2,5-9H2,1H3/t11-,12+,13-/m0/s1. The van der Waals surface area contributed by atoms with E-state index in [9.17, 15) is 4.79 Å². The SMILES string of the molecule is CCc1nc(COC(=O)[C@H]2C[C@H]3C=CC[C@H](C3)C2)cs1. The van der Waals surface area contributed by atoms with Crippen molar-refractivity contribution >= 4 is 17.3 Å². The maximum absolute atomic E-state index is 12.2. The van der Waals surface area contributed by atoms with Gasteiger partial charge >= 0.3 is 5.97 Å². The molecule has 2 aliphatic rings. The number of aryl methyl sites for hydroxylation is 1. The Hall–Kier alpha value is -1.16. The van der Waals surface area contributed by atoms with Crippen molar-refractivity contribution in [1.82, 2.24) is 4.98 Å². The minimum absolute atomic E-state index is 0.0268. The molecule has 20 heavy (non-hydrogen) atoms. The maximum Gasteiger partial charge on any atom is 0.309 e. The summed E-state index contributed by atoms with van der Waals surface area (Å²) in [6.07, 6.45) is 9.85. The lowest BCUT2D eigenvalue weighted by Gasteiger charge is -2.34. The van der Waals surface area contributed by atoms with Crippen LogP contribution in [0.5, 0.6) is 0 Å². The van der Waals surface area contributed by atoms with E-state index in [-0.39, 0.29) is 11.9 Å². The monoisotopic (exact) mass is 291 g/mol. The number of thiazole rings is 1. The predicted octanol–water partition coefficient (Wildman–Crippen LogP) is 3.74. The molecule has 3 rings (SSSR count). The normalized spacial score (nSPS) is 28.4. The van der Waals surface area contributed by atoms with Gasteiger partial charge in [-0.2, -0.15) is 0 Å². The highest BCUT2D eigenvalue weighted by atomic mass is 32.1. The van der Waals surface area contributed by atoms with Crippen molar-refractivity contribution in [2.75, 3.05) is 0 Å². The lowest BCUT2D eigenvalue weighted by Crippen LogP contribution is -2.30. The Kier molecular flexibility index (Phi) is 4.20. The molecule has 1 saturated carbocycles. The van der Waals surface area contributed by atoms with Crippen LogP contribution in [0, 0.1) is 17.8 Å². The molecular weight excluding hydrogens is 270 g/mol. The number of ether oxygens (including phenoxy) is 1. The molecule has 0 saturated heterocycles. The summed E-state index contributed by atoms with van der Waals surface area (Å²) in [5.41, 5.74) is 0.885. The minimum Gasteiger partial charge on any atom is -0.459 e. The van der Waals surface area contributed by atoms with E-state index >= 15 is 0 Å². The largest absolute Gasteiger partial charge is 0.459 e. The number of hydrogen-bond donors (Lipinski definition) is 0. The van der Waals surface area contributed by atoms with Gasteiger partial charge in [0.25, 0.3) is 0 Å². The van der Waals surface area contributed by atoms with Crippen molar-refractivity contribution in [2.24, 2.45) is 17.8 Å². The Labute approximate surface area is 124 Å². The molecule has 108 valence electrons. The summed E-state index contributed by atoms with van der Waals surface area (Å²) < 4.78 is 5.47. The van der Waals surface area contributed by atoms with E-state index in [4.69, 9.17) is 4.74 Å². The summed E-state index contributed by atoms with van der Waals surface area (Å²) in [6.45, 7) is 2.42. The van der Waals surface area contributed by atoms with Gasteiger partial charge in [-0.3, -0.25) is 4.79 Å². The number of aromatic nitrogens is 1. The van der Waals surface area contributed by atoms with Crippen molar-refractivity contribution in [3.8, 4) is 0 Å². The summed E-state index contributed by atoms with van der Waals surface area (Å²) in [6, 6.07) is 0. The van der Waals surface area contributed by atoms with Gasteiger partial charge in [0.05, 0.1) is 16.6 Å². The number of nitrogens with zero attached hydrogens (tertiary/aromatic N) is 1. The molecule has 0 unspecified atom stereocenters. The Morgan fingerprint density at radius 2 is 2.35 bits per heavy atom. The molecule has 2 aliphatic carbocycles. The highest BCUT2D eigenvalue weighted by Crippen LogP contribution is 2.39. The number of carbonyl (C=O) groups excluding carboxylic acids is 1. The molecule has 2 bridgehead atoms. The summed E-state index contributed by atoms with van der Waals surface area (Å²) in [5, 5.41) is 3.10. The van der Waals surface area contributed by atoms with Crippen LogP contribution < -0.4 is 0 Å². The molecule has 3 atom stereocenters. The topological polar surface area (TPSA) is 39.2 Å². The lowest BCUT2D eigenvalue weighted by molar-refractivity contribution is -0.152. The average molecular weight is 291 g/mol. The molecule has 0 amide bonds. The fourth-order valence-electron chi connectivity index (χ4n) is 3.33. The van der Waals surface area contributed by atoms with E-state index in [2.05, 4.69) is 24.1 Å². The molecule has 0 spiro atoms. The number of esters is 1. The third-order valence-electron chi connectivity index (χ3n) is 4.32. The van der Waals surface area contributed by atoms with E-state index < -0.39 is 0 Å². The van der Waals surface area contributed by atoms with E-state index in [0.29, 0.717) is 18.4 Å². The van der Waals surface area contributed by atoms with Gasteiger partial charge in [0, 0.05) is 5.38 Å². The molecule has 1 fully saturated rings. The molecule has 0 N–H and O–H groups in total. The lowest BCUT2D eigenvalue weighted by atomic mass is 9.71. The molecule has 0 radical (unpaired) electrons. The van der Waals surface area contributed by atoms with Crippen LogP contribution in [0.3, 0.4) is 0 Å². The molecular formula is C16H21NO2S. The first kappa shape index (κ1) is 13.8. The number of carbonyl (C=O) groups is 1. The van der Waals surface area contributed by atoms with Crippen molar-refractivity contribution in [1.29, 1.82) is 0 Å². The smallest absolute Gasteiger partial charge is 0.309 e. The van der Waals surface area contributed by atoms with Crippen LogP contribution in [0.4, 0.5) is 0 Å². The van der Waals surface area contributed by atoms with E-state index in [1.165, 1.54) is 6.42 Å². The molecule has 0 aromatic carbocycles. The van der Waals surface area contributed by atoms with Crippen LogP contribution in [-0.2, 0) is 22.6 Å². The van der Waals surface area contributed by atoms with E-state index in [0.717, 1.165) is 36.4 Å². The summed E-state index contributed by atoms with van der Waals surface area (Å²) in [5.74, 6) is 1.34. The van der Waals surface area contributed by atoms with Gasteiger partial charge in [-0.05, 0) is 43.9 Å². The zero-order chi connectivity index (χ0) is 13.9. The van der Waals surface area contributed by atoms with Crippen LogP contribution in [0.15, 0.2) is 17.5 Å². The van der Waals surface area contributed by atoms with Gasteiger partial charge in [-0.25, -0.2) is 4.98 Å². The number of rotatable bonds is 4. The molecule has 3 nitrogen and oxygen atoms in total. The second kappa shape index (κ2) is 6.08. The second-order valence-electron chi connectivity index (χ2n) is 5.89. The summed E-state index contributed by atoms with van der Waals surface area (Å²) in [7, 11) is 0. The Morgan fingerprint density at radius 3 is 3.10 bits per heavy atom. The van der Waals surface area contributed by atoms with Gasteiger partial charge in [0.1, 0.15) is 6.61 Å². The zero-order valence-corrected chi connectivity index (χ0v) is 12.7. The van der Waals surface area contributed by atoms with Gasteiger partial charge in [-0.15, -0.1) is 11.3 Å². The highest BCUT2D eigenvalue weighted by molar-refractivity contribution is 7.09. The number of allylic oxidation sites excluding steroid dienone is 2. The van der Waals surface area contributed by atoms with Crippen LogP contribution in [0.1, 0.15) is 43.3 Å². The Bertz CT molecular complexity index is 508. The Morgan fingerprint density at radius 1 is 1.45 bits per heavy atom. The van der Waals surface area contributed by atoms with Crippen LogP contribution in [0.2, 0.25) is 0 Å². The van der Waals surface area contributed by atoms with Gasteiger partial charge in [-0.1, -0.05) is 19.1 Å². The molecule has 1 aromatic heterocycles. The van der Waals surface area contributed by atoms with Gasteiger partial charge < -0.3 is 4.74 Å². The van der Waals surface area contributed by atoms with Crippen molar-refractivity contribution in [3.63, 3.8) is 0 Å². The average Bonchev–Trinajstić information content (AvgIpc) is 2.92. The third kappa shape index (κ3) is 3.11. The van der Waals surface area contributed by atoms with Crippen molar-refractivity contribution in [3.05, 3.63) is 28.2 Å². The number of fused-ring (bicyclic) bond motifs is 2. The first-order chi connectivity index (χ1) is 9.74. The number of hydrogen-bond acceptors (Lipinski definition) is 4. The summed E-state index contributed by atoms with van der Waals surface area (Å²) >= 11 is 1.64. The van der Waals surface area contributed by atoms with Crippen LogP contribution in [0.25, 0.3) is 0 Å². The Balaban J connectivity index is 1.53.